The van der Waals surface area contributed by atoms with Crippen LogP contribution in [0.4, 0.5) is 4.79 Å². The van der Waals surface area contributed by atoms with E-state index in [1.54, 1.807) is 6.92 Å². The number of aldehydes is 1. The molecule has 0 saturated carbocycles. The van der Waals surface area contributed by atoms with Crippen LogP contribution >= 0.6 is 0 Å². The van der Waals surface area contributed by atoms with Gasteiger partial charge in [0.1, 0.15) is 17.4 Å². The number of hydrogen-bond donors (Lipinski definition) is 0. The molecule has 0 spiro atoms. The van der Waals surface area contributed by atoms with E-state index < -0.39 is 17.2 Å². The number of nitrogens with zero attached hydrogens (tertiary/aromatic N) is 1. The summed E-state index contributed by atoms with van der Waals surface area (Å²) in [6.07, 6.45) is 1.12. The number of carbonyl (C=O) groups excluding carboxylic acids is 2. The predicted octanol–water partition coefficient (Wildman–Crippen LogP) is 2.89. The van der Waals surface area contributed by atoms with Gasteiger partial charge in [-0.25, -0.2) is 4.79 Å². The summed E-state index contributed by atoms with van der Waals surface area (Å²) >= 11 is 0. The Morgan fingerprint density at radius 3 is 2.60 bits per heavy atom. The van der Waals surface area contributed by atoms with Crippen molar-refractivity contribution < 1.29 is 14.3 Å². The van der Waals surface area contributed by atoms with Crippen LogP contribution in [0.3, 0.4) is 0 Å². The number of amides is 1. The van der Waals surface area contributed by atoms with E-state index in [-0.39, 0.29) is 0 Å². The molecule has 1 unspecified atom stereocenters. The fourth-order valence-corrected chi connectivity index (χ4v) is 2.57. The van der Waals surface area contributed by atoms with Gasteiger partial charge in [0.15, 0.2) is 0 Å². The van der Waals surface area contributed by atoms with Gasteiger partial charge in [-0.05, 0) is 45.2 Å². The monoisotopic (exact) mass is 275 g/mol. The maximum absolute atomic E-state index is 12.3. The molecule has 1 aromatic rings. The Bertz CT molecular complexity index is 533. The molecule has 1 aliphatic heterocycles. The van der Waals surface area contributed by atoms with Crippen molar-refractivity contribution >= 4 is 12.4 Å². The van der Waals surface area contributed by atoms with Gasteiger partial charge >= 0.3 is 6.09 Å². The van der Waals surface area contributed by atoms with Crippen LogP contribution in [0.5, 0.6) is 0 Å². The van der Waals surface area contributed by atoms with Crippen molar-refractivity contribution in [3.8, 4) is 0 Å². The molecular weight excluding hydrogens is 254 g/mol. The summed E-state index contributed by atoms with van der Waals surface area (Å²) in [6.45, 7) is 7.71. The van der Waals surface area contributed by atoms with Crippen LogP contribution in [0.15, 0.2) is 24.3 Å². The van der Waals surface area contributed by atoms with Crippen molar-refractivity contribution in [2.45, 2.75) is 45.3 Å². The van der Waals surface area contributed by atoms with E-state index in [0.717, 1.165) is 23.8 Å². The van der Waals surface area contributed by atoms with Crippen LogP contribution in [0.2, 0.25) is 0 Å². The molecule has 4 nitrogen and oxygen atoms in total. The van der Waals surface area contributed by atoms with E-state index in [0.29, 0.717) is 6.54 Å². The van der Waals surface area contributed by atoms with Crippen LogP contribution in [0.1, 0.15) is 38.8 Å². The first kappa shape index (κ1) is 14.6. The average molecular weight is 275 g/mol. The fourth-order valence-electron chi connectivity index (χ4n) is 2.57. The third-order valence-corrected chi connectivity index (χ3v) is 3.57. The van der Waals surface area contributed by atoms with Crippen molar-refractivity contribution in [1.82, 2.24) is 4.90 Å². The van der Waals surface area contributed by atoms with E-state index in [4.69, 9.17) is 4.74 Å². The Morgan fingerprint density at radius 2 is 2.00 bits per heavy atom. The lowest BCUT2D eigenvalue weighted by Gasteiger charge is -2.42. The standard InChI is InChI=1S/C16H21NO3/c1-15(2,3)20-14(19)17-10-9-12-7-5-6-8-13(12)16(17,4)11-18/h5-8,11H,9-10H2,1-4H3. The zero-order valence-electron chi connectivity index (χ0n) is 12.5. The van der Waals surface area contributed by atoms with Gasteiger partial charge in [0.25, 0.3) is 0 Å². The highest BCUT2D eigenvalue weighted by atomic mass is 16.6. The molecule has 108 valence electrons. The highest BCUT2D eigenvalue weighted by Gasteiger charge is 2.42. The second kappa shape index (κ2) is 4.93. The lowest BCUT2D eigenvalue weighted by molar-refractivity contribution is -0.119. The smallest absolute Gasteiger partial charge is 0.411 e. The minimum Gasteiger partial charge on any atom is -0.444 e. The topological polar surface area (TPSA) is 46.6 Å². The van der Waals surface area contributed by atoms with Crippen molar-refractivity contribution in [2.24, 2.45) is 0 Å². The zero-order chi connectivity index (χ0) is 15.0. The molecule has 0 aromatic heterocycles. The summed E-state index contributed by atoms with van der Waals surface area (Å²) in [5.74, 6) is 0. The summed E-state index contributed by atoms with van der Waals surface area (Å²) in [6, 6.07) is 7.75. The number of carbonyl (C=O) groups is 2. The minimum absolute atomic E-state index is 0.443. The van der Waals surface area contributed by atoms with Crippen molar-refractivity contribution in [3.05, 3.63) is 35.4 Å². The Labute approximate surface area is 119 Å². The van der Waals surface area contributed by atoms with Gasteiger partial charge in [-0.15, -0.1) is 0 Å². The molecule has 0 bridgehead atoms. The molecule has 0 N–H and O–H groups in total. The Balaban J connectivity index is 2.37. The third-order valence-electron chi connectivity index (χ3n) is 3.57. The molecular formula is C16H21NO3. The minimum atomic E-state index is -0.961. The van der Waals surface area contributed by atoms with Gasteiger partial charge in [-0.3, -0.25) is 4.90 Å². The lowest BCUT2D eigenvalue weighted by atomic mass is 9.83. The molecule has 1 amide bonds. The maximum atomic E-state index is 12.3. The van der Waals surface area contributed by atoms with Gasteiger partial charge in [0.2, 0.25) is 0 Å². The predicted molar refractivity (Wildman–Crippen MR) is 76.5 cm³/mol. The molecule has 2 rings (SSSR count). The normalized spacial score (nSPS) is 22.1. The van der Waals surface area contributed by atoms with Crippen molar-refractivity contribution in [3.63, 3.8) is 0 Å². The number of fused-ring (bicyclic) bond motifs is 1. The third kappa shape index (κ3) is 2.55. The average Bonchev–Trinajstić information content (AvgIpc) is 2.37. The van der Waals surface area contributed by atoms with Gasteiger partial charge in [-0.2, -0.15) is 0 Å². The maximum Gasteiger partial charge on any atom is 0.411 e. The molecule has 1 heterocycles. The molecule has 0 saturated heterocycles. The quantitative estimate of drug-likeness (QED) is 0.740. The second-order valence-corrected chi connectivity index (χ2v) is 6.30. The first-order valence-corrected chi connectivity index (χ1v) is 6.83. The summed E-state index contributed by atoms with van der Waals surface area (Å²) in [7, 11) is 0. The van der Waals surface area contributed by atoms with Gasteiger partial charge in [0.05, 0.1) is 0 Å². The van der Waals surface area contributed by atoms with Crippen LogP contribution in [0.25, 0.3) is 0 Å². The van der Waals surface area contributed by atoms with Crippen LogP contribution in [-0.2, 0) is 21.5 Å². The van der Waals surface area contributed by atoms with E-state index in [1.165, 1.54) is 4.90 Å². The number of rotatable bonds is 1. The fraction of sp³-hybridized carbons (Fsp3) is 0.500. The summed E-state index contributed by atoms with van der Waals surface area (Å²) in [5, 5.41) is 0. The first-order valence-electron chi connectivity index (χ1n) is 6.83. The molecule has 20 heavy (non-hydrogen) atoms. The van der Waals surface area contributed by atoms with Gasteiger partial charge in [-0.1, -0.05) is 24.3 Å². The SMILES string of the molecule is CC(C)(C)OC(=O)N1CCc2ccccc2C1(C)C=O. The van der Waals surface area contributed by atoms with Crippen LogP contribution in [-0.4, -0.2) is 29.4 Å². The van der Waals surface area contributed by atoms with Crippen LogP contribution in [0, 0.1) is 0 Å². The molecule has 0 fully saturated rings. The molecule has 1 aliphatic rings. The van der Waals surface area contributed by atoms with E-state index >= 15 is 0 Å². The lowest BCUT2D eigenvalue weighted by Crippen LogP contribution is -2.54. The molecule has 4 heteroatoms. The molecule has 0 radical (unpaired) electrons. The largest absolute Gasteiger partial charge is 0.444 e. The summed E-state index contributed by atoms with van der Waals surface area (Å²) < 4.78 is 5.42. The number of ether oxygens (including phenoxy) is 1. The van der Waals surface area contributed by atoms with Crippen molar-refractivity contribution in [2.75, 3.05) is 6.54 Å². The highest BCUT2D eigenvalue weighted by molar-refractivity contribution is 5.79. The second-order valence-electron chi connectivity index (χ2n) is 6.30. The molecule has 1 aromatic carbocycles. The zero-order valence-corrected chi connectivity index (χ0v) is 12.5. The van der Waals surface area contributed by atoms with E-state index in [9.17, 15) is 9.59 Å². The summed E-state index contributed by atoms with van der Waals surface area (Å²) in [4.78, 5) is 25.5. The number of benzene rings is 1. The summed E-state index contributed by atoms with van der Waals surface area (Å²) in [5.41, 5.74) is 0.462. The highest BCUT2D eigenvalue weighted by Crippen LogP contribution is 2.34. The van der Waals surface area contributed by atoms with Gasteiger partial charge in [0, 0.05) is 6.54 Å². The Kier molecular flexibility index (Phi) is 3.59. The van der Waals surface area contributed by atoms with E-state index in [2.05, 4.69) is 0 Å². The Morgan fingerprint density at radius 1 is 1.35 bits per heavy atom. The number of hydrogen-bond acceptors (Lipinski definition) is 3. The molecule has 0 aliphatic carbocycles. The molecule has 1 atom stereocenters. The van der Waals surface area contributed by atoms with E-state index in [1.807, 2.05) is 45.0 Å². The first-order chi connectivity index (χ1) is 9.28. The Hall–Kier alpha value is -1.84. The van der Waals surface area contributed by atoms with Gasteiger partial charge < -0.3 is 9.53 Å². The van der Waals surface area contributed by atoms with Crippen molar-refractivity contribution in [1.29, 1.82) is 0 Å². The van der Waals surface area contributed by atoms with Crippen LogP contribution < -0.4 is 0 Å².